The molecule has 1 aromatic carbocycles. The fourth-order valence-corrected chi connectivity index (χ4v) is 2.88. The van der Waals surface area contributed by atoms with Crippen LogP contribution in [0.4, 0.5) is 0 Å². The van der Waals surface area contributed by atoms with Gasteiger partial charge in [0.25, 0.3) is 5.91 Å². The fraction of sp³-hybridized carbons (Fsp3) is 0.412. The number of aromatic nitrogens is 2. The zero-order valence-corrected chi connectivity index (χ0v) is 13.5. The van der Waals surface area contributed by atoms with E-state index in [0.717, 1.165) is 37.4 Å². The molecule has 1 saturated heterocycles. The van der Waals surface area contributed by atoms with Crippen molar-refractivity contribution in [1.29, 1.82) is 0 Å². The fourth-order valence-electron chi connectivity index (χ4n) is 2.88. The molecule has 6 heteroatoms. The zero-order chi connectivity index (χ0) is 16.2. The summed E-state index contributed by atoms with van der Waals surface area (Å²) in [6.45, 7) is 1.54. The molecular formula is C17H22N4O2. The molecule has 0 bridgehead atoms. The lowest BCUT2D eigenvalue weighted by atomic mass is 10.1. The molecule has 1 fully saturated rings. The number of piperidine rings is 1. The molecule has 1 N–H and O–H groups in total. The summed E-state index contributed by atoms with van der Waals surface area (Å²) in [5.41, 5.74) is 1.38. The van der Waals surface area contributed by atoms with E-state index in [-0.39, 0.29) is 5.91 Å². The van der Waals surface area contributed by atoms with E-state index in [9.17, 15) is 4.79 Å². The van der Waals surface area contributed by atoms with Gasteiger partial charge in [-0.15, -0.1) is 0 Å². The van der Waals surface area contributed by atoms with E-state index < -0.39 is 0 Å². The molecule has 0 saturated carbocycles. The minimum atomic E-state index is -0.00258. The van der Waals surface area contributed by atoms with Gasteiger partial charge < -0.3 is 15.0 Å². The lowest BCUT2D eigenvalue weighted by Crippen LogP contribution is -2.47. The Labute approximate surface area is 136 Å². The van der Waals surface area contributed by atoms with Crippen LogP contribution >= 0.6 is 0 Å². The van der Waals surface area contributed by atoms with Crippen LogP contribution in [0, 0.1) is 0 Å². The third kappa shape index (κ3) is 3.37. The van der Waals surface area contributed by atoms with Gasteiger partial charge in [-0.25, -0.2) is 4.68 Å². The second kappa shape index (κ2) is 6.83. The Morgan fingerprint density at radius 2 is 2.09 bits per heavy atom. The summed E-state index contributed by atoms with van der Waals surface area (Å²) in [5, 5.41) is 7.68. The van der Waals surface area contributed by atoms with E-state index in [2.05, 4.69) is 10.4 Å². The van der Waals surface area contributed by atoms with Gasteiger partial charge in [0.2, 0.25) is 0 Å². The van der Waals surface area contributed by atoms with Crippen LogP contribution in [0.3, 0.4) is 0 Å². The van der Waals surface area contributed by atoms with Crippen LogP contribution in [0.25, 0.3) is 5.69 Å². The second-order valence-electron chi connectivity index (χ2n) is 5.72. The molecule has 122 valence electrons. The van der Waals surface area contributed by atoms with Crippen molar-refractivity contribution in [3.63, 3.8) is 0 Å². The van der Waals surface area contributed by atoms with Gasteiger partial charge in [0.05, 0.1) is 12.8 Å². The summed E-state index contributed by atoms with van der Waals surface area (Å²) in [6.07, 6.45) is 3.95. The average molecular weight is 314 g/mol. The van der Waals surface area contributed by atoms with Crippen LogP contribution in [-0.2, 0) is 0 Å². The molecule has 23 heavy (non-hydrogen) atoms. The first-order chi connectivity index (χ1) is 11.2. The summed E-state index contributed by atoms with van der Waals surface area (Å²) >= 11 is 0. The number of hydrogen-bond acceptors (Lipinski definition) is 4. The van der Waals surface area contributed by atoms with Gasteiger partial charge in [0.1, 0.15) is 5.75 Å². The van der Waals surface area contributed by atoms with Crippen molar-refractivity contribution >= 4 is 5.91 Å². The maximum Gasteiger partial charge on any atom is 0.274 e. The number of carbonyl (C=O) groups excluding carboxylic acids is 1. The number of methoxy groups -OCH3 is 1. The molecule has 0 spiro atoms. The number of likely N-dealkylation sites (N-methyl/N-ethyl adjacent to an activating group) is 1. The molecule has 0 aliphatic carbocycles. The standard InChI is InChI=1S/C17H22N4O2/c1-18-13-4-3-10-20(12-13)17(22)16-9-11-21(19-16)14-5-7-15(23-2)8-6-14/h5-9,11,13,18H,3-4,10,12H2,1-2H3/t13-/m0/s1. The van der Waals surface area contributed by atoms with E-state index in [0.29, 0.717) is 11.7 Å². The first-order valence-electron chi connectivity index (χ1n) is 7.88. The molecule has 0 radical (unpaired) electrons. The normalized spacial score (nSPS) is 18.0. The minimum absolute atomic E-state index is 0.00258. The van der Waals surface area contributed by atoms with Crippen molar-refractivity contribution in [3.05, 3.63) is 42.2 Å². The largest absolute Gasteiger partial charge is 0.497 e. The molecule has 0 unspecified atom stereocenters. The van der Waals surface area contributed by atoms with Crippen LogP contribution in [0.15, 0.2) is 36.5 Å². The summed E-state index contributed by atoms with van der Waals surface area (Å²) < 4.78 is 6.87. The van der Waals surface area contributed by atoms with Crippen molar-refractivity contribution in [1.82, 2.24) is 20.0 Å². The topological polar surface area (TPSA) is 59.4 Å². The smallest absolute Gasteiger partial charge is 0.274 e. The predicted octanol–water partition coefficient (Wildman–Crippen LogP) is 1.70. The molecule has 1 aliphatic rings. The summed E-state index contributed by atoms with van der Waals surface area (Å²) in [4.78, 5) is 14.5. The van der Waals surface area contributed by atoms with Crippen LogP contribution < -0.4 is 10.1 Å². The quantitative estimate of drug-likeness (QED) is 0.933. The molecule has 6 nitrogen and oxygen atoms in total. The predicted molar refractivity (Wildman–Crippen MR) is 88.1 cm³/mol. The number of nitrogens with zero attached hydrogens (tertiary/aromatic N) is 3. The minimum Gasteiger partial charge on any atom is -0.497 e. The Morgan fingerprint density at radius 3 is 2.78 bits per heavy atom. The number of rotatable bonds is 4. The Morgan fingerprint density at radius 1 is 1.30 bits per heavy atom. The van der Waals surface area contributed by atoms with E-state index in [1.54, 1.807) is 17.9 Å². The highest BCUT2D eigenvalue weighted by Gasteiger charge is 2.24. The highest BCUT2D eigenvalue weighted by atomic mass is 16.5. The molecule has 1 aliphatic heterocycles. The Kier molecular flexibility index (Phi) is 4.62. The first-order valence-corrected chi connectivity index (χ1v) is 7.88. The number of hydrogen-bond donors (Lipinski definition) is 1. The summed E-state index contributed by atoms with van der Waals surface area (Å²) in [7, 11) is 3.58. The van der Waals surface area contributed by atoms with Crippen molar-refractivity contribution < 1.29 is 9.53 Å². The molecule has 3 rings (SSSR count). The highest BCUT2D eigenvalue weighted by Crippen LogP contribution is 2.16. The molecule has 2 heterocycles. The molecule has 1 atom stereocenters. The summed E-state index contributed by atoms with van der Waals surface area (Å²) in [6, 6.07) is 9.73. The third-order valence-electron chi connectivity index (χ3n) is 4.26. The number of likely N-dealkylation sites (tertiary alicyclic amines) is 1. The lowest BCUT2D eigenvalue weighted by molar-refractivity contribution is 0.0691. The van der Waals surface area contributed by atoms with Gasteiger partial charge >= 0.3 is 0 Å². The lowest BCUT2D eigenvalue weighted by Gasteiger charge is -2.32. The Bertz CT molecular complexity index is 665. The monoisotopic (exact) mass is 314 g/mol. The van der Waals surface area contributed by atoms with Crippen LogP contribution in [0.5, 0.6) is 5.75 Å². The number of ether oxygens (including phenoxy) is 1. The molecule has 1 amide bonds. The SMILES string of the molecule is CN[C@H]1CCCN(C(=O)c2ccn(-c3ccc(OC)cc3)n2)C1. The van der Waals surface area contributed by atoms with Crippen molar-refractivity contribution in [3.8, 4) is 11.4 Å². The van der Waals surface area contributed by atoms with Gasteiger partial charge in [-0.05, 0) is 50.2 Å². The van der Waals surface area contributed by atoms with Crippen molar-refractivity contribution in [2.75, 3.05) is 27.2 Å². The number of amides is 1. The van der Waals surface area contributed by atoms with E-state index in [4.69, 9.17) is 4.74 Å². The Hall–Kier alpha value is -2.34. The van der Waals surface area contributed by atoms with E-state index in [1.165, 1.54) is 0 Å². The summed E-state index contributed by atoms with van der Waals surface area (Å²) in [5.74, 6) is 0.792. The molecule has 2 aromatic rings. The van der Waals surface area contributed by atoms with E-state index in [1.807, 2.05) is 42.4 Å². The van der Waals surface area contributed by atoms with Gasteiger partial charge in [0.15, 0.2) is 5.69 Å². The van der Waals surface area contributed by atoms with Crippen LogP contribution in [-0.4, -0.2) is 53.9 Å². The number of nitrogens with one attached hydrogen (secondary N) is 1. The van der Waals surface area contributed by atoms with Crippen LogP contribution in [0.2, 0.25) is 0 Å². The van der Waals surface area contributed by atoms with Crippen molar-refractivity contribution in [2.24, 2.45) is 0 Å². The third-order valence-corrected chi connectivity index (χ3v) is 4.26. The maximum absolute atomic E-state index is 12.6. The van der Waals surface area contributed by atoms with Gasteiger partial charge in [-0.2, -0.15) is 5.10 Å². The maximum atomic E-state index is 12.6. The molecule has 1 aromatic heterocycles. The van der Waals surface area contributed by atoms with Gasteiger partial charge in [-0.1, -0.05) is 0 Å². The first kappa shape index (κ1) is 15.6. The molecular weight excluding hydrogens is 292 g/mol. The number of benzene rings is 1. The van der Waals surface area contributed by atoms with Gasteiger partial charge in [-0.3, -0.25) is 4.79 Å². The van der Waals surface area contributed by atoms with Crippen molar-refractivity contribution in [2.45, 2.75) is 18.9 Å². The van der Waals surface area contributed by atoms with E-state index >= 15 is 0 Å². The Balaban J connectivity index is 1.74. The highest BCUT2D eigenvalue weighted by molar-refractivity contribution is 5.92. The average Bonchev–Trinajstić information content (AvgIpc) is 3.11. The number of carbonyl (C=O) groups is 1. The second-order valence-corrected chi connectivity index (χ2v) is 5.72. The zero-order valence-electron chi connectivity index (χ0n) is 13.5. The van der Waals surface area contributed by atoms with Gasteiger partial charge in [0, 0.05) is 25.3 Å². The van der Waals surface area contributed by atoms with Crippen LogP contribution in [0.1, 0.15) is 23.3 Å².